The highest BCUT2D eigenvalue weighted by Gasteiger charge is 2.28. The molecule has 24 heavy (non-hydrogen) atoms. The Morgan fingerprint density at radius 1 is 1.25 bits per heavy atom. The van der Waals surface area contributed by atoms with E-state index in [1.165, 1.54) is 4.31 Å². The Labute approximate surface area is 144 Å². The number of benzene rings is 1. The van der Waals surface area contributed by atoms with Crippen LogP contribution >= 0.6 is 0 Å². The fourth-order valence-electron chi connectivity index (χ4n) is 2.87. The molecule has 1 aromatic rings. The van der Waals surface area contributed by atoms with Crippen LogP contribution in [0.15, 0.2) is 29.2 Å². The largest absolute Gasteiger partial charge is 0.350 e. The highest BCUT2D eigenvalue weighted by Crippen LogP contribution is 2.21. The molecule has 1 fully saturated rings. The summed E-state index contributed by atoms with van der Waals surface area (Å²) in [4.78, 5) is 12.4. The second-order valence-corrected chi connectivity index (χ2v) is 8.54. The molecule has 1 aliphatic rings. The topological polar surface area (TPSA) is 92.5 Å². The molecule has 1 amide bonds. The Morgan fingerprint density at radius 3 is 2.38 bits per heavy atom. The smallest absolute Gasteiger partial charge is 0.243 e. The summed E-state index contributed by atoms with van der Waals surface area (Å²) < 4.78 is 26.4. The Balaban J connectivity index is 1.98. The minimum atomic E-state index is -3.39. The molecule has 1 unspecified atom stereocenters. The molecule has 2 rings (SSSR count). The zero-order chi connectivity index (χ0) is 17.8. The SMILES string of the molecule is CCCC(C)(N)C(=O)NCc1ccc(S(=O)(=O)N2CCCC2)cc1. The highest BCUT2D eigenvalue weighted by atomic mass is 32.2. The molecule has 7 heteroatoms. The zero-order valence-corrected chi connectivity index (χ0v) is 15.2. The van der Waals surface area contributed by atoms with Gasteiger partial charge in [0.25, 0.3) is 0 Å². The molecule has 0 saturated carbocycles. The van der Waals surface area contributed by atoms with E-state index in [9.17, 15) is 13.2 Å². The van der Waals surface area contributed by atoms with Crippen molar-refractivity contribution in [3.05, 3.63) is 29.8 Å². The second-order valence-electron chi connectivity index (χ2n) is 6.61. The zero-order valence-electron chi connectivity index (χ0n) is 14.4. The molecule has 3 N–H and O–H groups in total. The van der Waals surface area contributed by atoms with Gasteiger partial charge in [0.05, 0.1) is 10.4 Å². The quantitative estimate of drug-likeness (QED) is 0.779. The lowest BCUT2D eigenvalue weighted by atomic mass is 9.96. The third-order valence-electron chi connectivity index (χ3n) is 4.37. The van der Waals surface area contributed by atoms with Crippen LogP contribution in [0.1, 0.15) is 45.1 Å². The number of carbonyl (C=O) groups is 1. The van der Waals surface area contributed by atoms with E-state index in [4.69, 9.17) is 5.73 Å². The number of nitrogens with two attached hydrogens (primary N) is 1. The maximum atomic E-state index is 12.5. The van der Waals surface area contributed by atoms with Crippen LogP contribution in [0.2, 0.25) is 0 Å². The number of sulfonamides is 1. The van der Waals surface area contributed by atoms with E-state index in [2.05, 4.69) is 5.32 Å². The molecular formula is C17H27N3O3S. The maximum Gasteiger partial charge on any atom is 0.243 e. The minimum Gasteiger partial charge on any atom is -0.350 e. The second kappa shape index (κ2) is 7.63. The van der Waals surface area contributed by atoms with E-state index >= 15 is 0 Å². The van der Waals surface area contributed by atoms with Gasteiger partial charge in [0, 0.05) is 19.6 Å². The number of carbonyl (C=O) groups excluding carboxylic acids is 1. The van der Waals surface area contributed by atoms with Gasteiger partial charge in [-0.3, -0.25) is 4.79 Å². The monoisotopic (exact) mass is 353 g/mol. The lowest BCUT2D eigenvalue weighted by Gasteiger charge is -2.22. The summed E-state index contributed by atoms with van der Waals surface area (Å²) in [6.07, 6.45) is 3.28. The normalized spacial score (nSPS) is 18.3. The first-order valence-corrected chi connectivity index (χ1v) is 9.87. The van der Waals surface area contributed by atoms with Crippen molar-refractivity contribution in [2.24, 2.45) is 5.73 Å². The highest BCUT2D eigenvalue weighted by molar-refractivity contribution is 7.89. The first-order chi connectivity index (χ1) is 11.3. The van der Waals surface area contributed by atoms with Crippen molar-refractivity contribution in [3.63, 3.8) is 0 Å². The molecule has 1 saturated heterocycles. The van der Waals surface area contributed by atoms with Crippen molar-refractivity contribution in [2.45, 2.75) is 56.5 Å². The predicted molar refractivity (Wildman–Crippen MR) is 93.8 cm³/mol. The van der Waals surface area contributed by atoms with Gasteiger partial charge in [0.15, 0.2) is 0 Å². The first kappa shape index (κ1) is 18.9. The molecule has 1 aromatic carbocycles. The lowest BCUT2D eigenvalue weighted by Crippen LogP contribution is -2.51. The van der Waals surface area contributed by atoms with E-state index in [0.717, 1.165) is 24.8 Å². The van der Waals surface area contributed by atoms with Crippen LogP contribution in [0.25, 0.3) is 0 Å². The van der Waals surface area contributed by atoms with Gasteiger partial charge in [0.1, 0.15) is 0 Å². The van der Waals surface area contributed by atoms with Crippen molar-refractivity contribution in [3.8, 4) is 0 Å². The van der Waals surface area contributed by atoms with E-state index < -0.39 is 15.6 Å². The molecule has 1 atom stereocenters. The maximum absolute atomic E-state index is 12.5. The Kier molecular flexibility index (Phi) is 6.01. The predicted octanol–water partition coefficient (Wildman–Crippen LogP) is 1.60. The number of hydrogen-bond donors (Lipinski definition) is 2. The molecule has 134 valence electrons. The van der Waals surface area contributed by atoms with Crippen molar-refractivity contribution in [1.29, 1.82) is 0 Å². The van der Waals surface area contributed by atoms with Crippen molar-refractivity contribution in [2.75, 3.05) is 13.1 Å². The van der Waals surface area contributed by atoms with Crippen LogP contribution in [-0.2, 0) is 21.4 Å². The summed E-state index contributed by atoms with van der Waals surface area (Å²) in [5, 5.41) is 2.81. The molecule has 6 nitrogen and oxygen atoms in total. The van der Waals surface area contributed by atoms with Gasteiger partial charge in [-0.1, -0.05) is 25.5 Å². The van der Waals surface area contributed by atoms with Gasteiger partial charge in [0.2, 0.25) is 15.9 Å². The standard InChI is InChI=1S/C17H27N3O3S/c1-3-10-17(2,18)16(21)19-13-14-6-8-15(9-7-14)24(22,23)20-11-4-5-12-20/h6-9H,3-5,10-13,18H2,1-2H3,(H,19,21). The van der Waals surface area contributed by atoms with Crippen molar-refractivity contribution < 1.29 is 13.2 Å². The Bertz CT molecular complexity index is 663. The molecule has 0 aromatic heterocycles. The molecule has 1 aliphatic heterocycles. The number of nitrogens with one attached hydrogen (secondary N) is 1. The van der Waals surface area contributed by atoms with E-state index in [0.29, 0.717) is 31.0 Å². The summed E-state index contributed by atoms with van der Waals surface area (Å²) in [6, 6.07) is 6.67. The number of rotatable bonds is 7. The lowest BCUT2D eigenvalue weighted by molar-refractivity contribution is -0.126. The number of hydrogen-bond acceptors (Lipinski definition) is 4. The van der Waals surface area contributed by atoms with Crippen LogP contribution in [0.4, 0.5) is 0 Å². The molecule has 0 bridgehead atoms. The van der Waals surface area contributed by atoms with Crippen molar-refractivity contribution >= 4 is 15.9 Å². The molecular weight excluding hydrogens is 326 g/mol. The summed E-state index contributed by atoms with van der Waals surface area (Å²) in [5.74, 6) is -0.196. The molecule has 0 aliphatic carbocycles. The van der Waals surface area contributed by atoms with Gasteiger partial charge in [-0.05, 0) is 43.9 Å². The molecule has 0 radical (unpaired) electrons. The summed E-state index contributed by atoms with van der Waals surface area (Å²) in [5.41, 5.74) is 5.95. The molecule has 0 spiro atoms. The fraction of sp³-hybridized carbons (Fsp3) is 0.588. The Morgan fingerprint density at radius 2 is 1.83 bits per heavy atom. The number of amides is 1. The third kappa shape index (κ3) is 4.34. The van der Waals surface area contributed by atoms with Crippen LogP contribution in [0, 0.1) is 0 Å². The van der Waals surface area contributed by atoms with Gasteiger partial charge in [-0.15, -0.1) is 0 Å². The minimum absolute atomic E-state index is 0.196. The van der Waals surface area contributed by atoms with Crippen LogP contribution < -0.4 is 11.1 Å². The summed E-state index contributed by atoms with van der Waals surface area (Å²) >= 11 is 0. The van der Waals surface area contributed by atoms with Crippen LogP contribution in [0.5, 0.6) is 0 Å². The van der Waals surface area contributed by atoms with Gasteiger partial charge in [-0.2, -0.15) is 4.31 Å². The van der Waals surface area contributed by atoms with Crippen LogP contribution in [-0.4, -0.2) is 37.3 Å². The van der Waals surface area contributed by atoms with Crippen LogP contribution in [0.3, 0.4) is 0 Å². The number of nitrogens with zero attached hydrogens (tertiary/aromatic N) is 1. The summed E-state index contributed by atoms with van der Waals surface area (Å²) in [7, 11) is -3.39. The Hall–Kier alpha value is -1.44. The van der Waals surface area contributed by atoms with Gasteiger partial charge in [-0.25, -0.2) is 8.42 Å². The van der Waals surface area contributed by atoms with Gasteiger partial charge >= 0.3 is 0 Å². The average molecular weight is 353 g/mol. The fourth-order valence-corrected chi connectivity index (χ4v) is 4.39. The first-order valence-electron chi connectivity index (χ1n) is 8.43. The van der Waals surface area contributed by atoms with E-state index in [1.54, 1.807) is 31.2 Å². The average Bonchev–Trinajstić information content (AvgIpc) is 3.08. The summed E-state index contributed by atoms with van der Waals surface area (Å²) in [6.45, 7) is 5.22. The third-order valence-corrected chi connectivity index (χ3v) is 6.28. The van der Waals surface area contributed by atoms with Gasteiger partial charge < -0.3 is 11.1 Å². The van der Waals surface area contributed by atoms with Crippen molar-refractivity contribution in [1.82, 2.24) is 9.62 Å². The molecule has 1 heterocycles. The van der Waals surface area contributed by atoms with E-state index in [-0.39, 0.29) is 5.91 Å². The van der Waals surface area contributed by atoms with E-state index in [1.807, 2.05) is 6.92 Å².